The van der Waals surface area contributed by atoms with Crippen LogP contribution in [0.2, 0.25) is 0 Å². The summed E-state index contributed by atoms with van der Waals surface area (Å²) in [6, 6.07) is 12.5. The standard InChI is InChI=1S/C16H18N2O2/c1-2-3-11-18(14-7-5-4-6-8-14)16(20)13-9-10-17-15(19)12-13/h4-10,12H,2-3,11H2,1H3,(H,17,19). The minimum absolute atomic E-state index is 0.143. The summed E-state index contributed by atoms with van der Waals surface area (Å²) in [6.07, 6.45) is 3.42. The quantitative estimate of drug-likeness (QED) is 0.908. The molecule has 0 saturated heterocycles. The van der Waals surface area contributed by atoms with Crippen molar-refractivity contribution in [1.82, 2.24) is 4.98 Å². The molecule has 104 valence electrons. The molecule has 1 heterocycles. The average Bonchev–Trinajstić information content (AvgIpc) is 2.48. The Kier molecular flexibility index (Phi) is 4.71. The number of para-hydroxylation sites is 1. The molecule has 20 heavy (non-hydrogen) atoms. The van der Waals surface area contributed by atoms with Crippen LogP contribution in [0, 0.1) is 0 Å². The lowest BCUT2D eigenvalue weighted by Gasteiger charge is -2.22. The Labute approximate surface area is 118 Å². The van der Waals surface area contributed by atoms with Crippen LogP contribution in [0.1, 0.15) is 30.1 Å². The first-order valence-corrected chi connectivity index (χ1v) is 6.78. The Morgan fingerprint density at radius 1 is 1.20 bits per heavy atom. The van der Waals surface area contributed by atoms with Crippen molar-refractivity contribution >= 4 is 11.6 Å². The lowest BCUT2D eigenvalue weighted by atomic mass is 10.2. The molecule has 1 N–H and O–H groups in total. The second-order valence-electron chi connectivity index (χ2n) is 4.59. The van der Waals surface area contributed by atoms with Crippen LogP contribution in [0.3, 0.4) is 0 Å². The molecule has 2 aromatic rings. The Morgan fingerprint density at radius 3 is 2.60 bits per heavy atom. The number of aromatic amines is 1. The molecule has 4 heteroatoms. The van der Waals surface area contributed by atoms with Gasteiger partial charge in [0.1, 0.15) is 0 Å². The summed E-state index contributed by atoms with van der Waals surface area (Å²) >= 11 is 0. The van der Waals surface area contributed by atoms with Gasteiger partial charge in [0.05, 0.1) is 0 Å². The zero-order chi connectivity index (χ0) is 14.4. The number of carbonyl (C=O) groups is 1. The van der Waals surface area contributed by atoms with E-state index in [1.165, 1.54) is 12.3 Å². The average molecular weight is 270 g/mol. The number of hydrogen-bond acceptors (Lipinski definition) is 2. The number of H-pyrrole nitrogens is 1. The molecular formula is C16H18N2O2. The second kappa shape index (κ2) is 6.70. The van der Waals surface area contributed by atoms with Crippen molar-refractivity contribution in [3.05, 3.63) is 64.6 Å². The van der Waals surface area contributed by atoms with E-state index in [4.69, 9.17) is 0 Å². The molecule has 0 aliphatic rings. The fourth-order valence-corrected chi connectivity index (χ4v) is 2.01. The molecule has 4 nitrogen and oxygen atoms in total. The molecule has 1 amide bonds. The van der Waals surface area contributed by atoms with E-state index >= 15 is 0 Å². The van der Waals surface area contributed by atoms with Crippen LogP contribution in [-0.4, -0.2) is 17.4 Å². The molecule has 2 rings (SSSR count). The number of aromatic nitrogens is 1. The Bertz CT molecular complexity index is 620. The van der Waals surface area contributed by atoms with Gasteiger partial charge in [-0.25, -0.2) is 0 Å². The van der Waals surface area contributed by atoms with Gasteiger partial charge in [0.15, 0.2) is 0 Å². The van der Waals surface area contributed by atoms with E-state index in [2.05, 4.69) is 11.9 Å². The molecule has 0 atom stereocenters. The van der Waals surface area contributed by atoms with Gasteiger partial charge in [-0.2, -0.15) is 0 Å². The zero-order valence-corrected chi connectivity index (χ0v) is 11.5. The molecule has 0 fully saturated rings. The highest BCUT2D eigenvalue weighted by Gasteiger charge is 2.17. The van der Waals surface area contributed by atoms with Crippen molar-refractivity contribution in [3.8, 4) is 0 Å². The van der Waals surface area contributed by atoms with Crippen molar-refractivity contribution in [3.63, 3.8) is 0 Å². The Balaban J connectivity index is 2.31. The van der Waals surface area contributed by atoms with E-state index in [0.29, 0.717) is 12.1 Å². The molecule has 1 aromatic carbocycles. The number of anilines is 1. The molecule has 0 bridgehead atoms. The SMILES string of the molecule is CCCCN(C(=O)c1cc[nH]c(=O)c1)c1ccccc1. The molecule has 0 aliphatic carbocycles. The highest BCUT2D eigenvalue weighted by atomic mass is 16.2. The first-order chi connectivity index (χ1) is 9.72. The largest absolute Gasteiger partial charge is 0.329 e. The third-order valence-corrected chi connectivity index (χ3v) is 3.07. The van der Waals surface area contributed by atoms with Crippen LogP contribution < -0.4 is 10.5 Å². The number of pyridine rings is 1. The minimum atomic E-state index is -0.264. The van der Waals surface area contributed by atoms with Crippen molar-refractivity contribution in [2.45, 2.75) is 19.8 Å². The van der Waals surface area contributed by atoms with Crippen LogP contribution in [0.4, 0.5) is 5.69 Å². The molecule has 0 saturated carbocycles. The van der Waals surface area contributed by atoms with E-state index in [0.717, 1.165) is 18.5 Å². The maximum atomic E-state index is 12.6. The second-order valence-corrected chi connectivity index (χ2v) is 4.59. The summed E-state index contributed by atoms with van der Waals surface area (Å²) in [7, 11) is 0. The number of nitrogens with zero attached hydrogens (tertiary/aromatic N) is 1. The summed E-state index contributed by atoms with van der Waals surface area (Å²) in [5.41, 5.74) is 0.999. The topological polar surface area (TPSA) is 53.2 Å². The number of unbranched alkanes of at least 4 members (excludes halogenated alkanes) is 1. The highest BCUT2D eigenvalue weighted by molar-refractivity contribution is 6.05. The van der Waals surface area contributed by atoms with Gasteiger partial charge in [0, 0.05) is 30.1 Å². The van der Waals surface area contributed by atoms with Crippen LogP contribution >= 0.6 is 0 Å². The molecular weight excluding hydrogens is 252 g/mol. The number of amides is 1. The fraction of sp³-hybridized carbons (Fsp3) is 0.250. The van der Waals surface area contributed by atoms with Crippen LogP contribution in [0.25, 0.3) is 0 Å². The lowest BCUT2D eigenvalue weighted by Crippen LogP contribution is -2.32. The number of rotatable bonds is 5. The highest BCUT2D eigenvalue weighted by Crippen LogP contribution is 2.17. The molecule has 1 aromatic heterocycles. The number of nitrogens with one attached hydrogen (secondary N) is 1. The van der Waals surface area contributed by atoms with E-state index in [9.17, 15) is 9.59 Å². The van der Waals surface area contributed by atoms with Gasteiger partial charge < -0.3 is 9.88 Å². The van der Waals surface area contributed by atoms with Crippen LogP contribution in [0.5, 0.6) is 0 Å². The smallest absolute Gasteiger partial charge is 0.258 e. The first-order valence-electron chi connectivity index (χ1n) is 6.78. The van der Waals surface area contributed by atoms with Crippen LogP contribution in [-0.2, 0) is 0 Å². The van der Waals surface area contributed by atoms with E-state index in [1.54, 1.807) is 11.0 Å². The summed E-state index contributed by atoms with van der Waals surface area (Å²) in [4.78, 5) is 28.2. The van der Waals surface area contributed by atoms with Crippen molar-refractivity contribution in [1.29, 1.82) is 0 Å². The third kappa shape index (κ3) is 3.35. The summed E-state index contributed by atoms with van der Waals surface area (Å²) in [5, 5.41) is 0. The monoisotopic (exact) mass is 270 g/mol. The molecule has 0 unspecified atom stereocenters. The summed E-state index contributed by atoms with van der Waals surface area (Å²) in [6.45, 7) is 2.73. The predicted octanol–water partition coefficient (Wildman–Crippen LogP) is 2.82. The first kappa shape index (κ1) is 14.1. The fourth-order valence-electron chi connectivity index (χ4n) is 2.01. The van der Waals surface area contributed by atoms with E-state index in [1.807, 2.05) is 30.3 Å². The third-order valence-electron chi connectivity index (χ3n) is 3.07. The van der Waals surface area contributed by atoms with E-state index < -0.39 is 0 Å². The molecule has 0 radical (unpaired) electrons. The van der Waals surface area contributed by atoms with Gasteiger partial charge in [-0.3, -0.25) is 9.59 Å². The van der Waals surface area contributed by atoms with Crippen molar-refractivity contribution in [2.24, 2.45) is 0 Å². The molecule has 0 aliphatic heterocycles. The normalized spacial score (nSPS) is 10.2. The predicted molar refractivity (Wildman–Crippen MR) is 80.1 cm³/mol. The summed E-state index contributed by atoms with van der Waals surface area (Å²) < 4.78 is 0. The number of benzene rings is 1. The van der Waals surface area contributed by atoms with Gasteiger partial charge in [0.25, 0.3) is 5.91 Å². The van der Waals surface area contributed by atoms with Gasteiger partial charge in [0.2, 0.25) is 5.56 Å². The van der Waals surface area contributed by atoms with Crippen molar-refractivity contribution < 1.29 is 4.79 Å². The van der Waals surface area contributed by atoms with Crippen LogP contribution in [0.15, 0.2) is 53.5 Å². The van der Waals surface area contributed by atoms with Gasteiger partial charge in [-0.15, -0.1) is 0 Å². The van der Waals surface area contributed by atoms with Gasteiger partial charge in [-0.1, -0.05) is 31.5 Å². The van der Waals surface area contributed by atoms with Gasteiger partial charge in [-0.05, 0) is 24.6 Å². The Hall–Kier alpha value is -2.36. The maximum absolute atomic E-state index is 12.6. The van der Waals surface area contributed by atoms with Crippen molar-refractivity contribution in [2.75, 3.05) is 11.4 Å². The molecule has 0 spiro atoms. The zero-order valence-electron chi connectivity index (χ0n) is 11.5. The number of carbonyl (C=O) groups excluding carboxylic acids is 1. The minimum Gasteiger partial charge on any atom is -0.329 e. The Morgan fingerprint density at radius 2 is 1.95 bits per heavy atom. The van der Waals surface area contributed by atoms with Gasteiger partial charge >= 0.3 is 0 Å². The number of hydrogen-bond donors (Lipinski definition) is 1. The summed E-state index contributed by atoms with van der Waals surface area (Å²) in [5.74, 6) is -0.143. The van der Waals surface area contributed by atoms with E-state index in [-0.39, 0.29) is 11.5 Å². The lowest BCUT2D eigenvalue weighted by molar-refractivity contribution is 0.0986. The maximum Gasteiger partial charge on any atom is 0.258 e.